The standard InChI is InChI=1S/C20H22FN5OS/c21-16-3-1-13(2-4-16)17-10-28-20(24-17)9-25-7-14-5-18(26-12-22-11-23-26)19(27)6-15(14)8-25/h1-4,10-12,14-15,18-19,27H,5-9H2/t14-,15+,18-,19-/m1/s1. The predicted molar refractivity (Wildman–Crippen MR) is 104 cm³/mol. The normalized spacial score (nSPS) is 27.8. The molecule has 1 saturated carbocycles. The van der Waals surface area contributed by atoms with Gasteiger partial charge in [-0.05, 0) is 48.9 Å². The van der Waals surface area contributed by atoms with E-state index in [4.69, 9.17) is 4.98 Å². The van der Waals surface area contributed by atoms with Crippen molar-refractivity contribution in [1.82, 2.24) is 24.6 Å². The first-order valence-electron chi connectivity index (χ1n) is 9.60. The van der Waals surface area contributed by atoms with Gasteiger partial charge in [0.2, 0.25) is 0 Å². The highest BCUT2D eigenvalue weighted by Crippen LogP contribution is 2.41. The van der Waals surface area contributed by atoms with Crippen molar-refractivity contribution in [1.29, 1.82) is 0 Å². The SMILES string of the molecule is O[C@@H]1C[C@H]2CN(Cc3nc(-c4ccc(F)cc4)cs3)C[C@H]2C[C@H]1n1cncn1. The first-order chi connectivity index (χ1) is 13.7. The maximum absolute atomic E-state index is 13.1. The number of hydrogen-bond acceptors (Lipinski definition) is 6. The summed E-state index contributed by atoms with van der Waals surface area (Å²) in [5.74, 6) is 0.852. The zero-order valence-corrected chi connectivity index (χ0v) is 16.2. The largest absolute Gasteiger partial charge is 0.391 e. The van der Waals surface area contributed by atoms with Crippen LogP contribution in [0.5, 0.6) is 0 Å². The van der Waals surface area contributed by atoms with Crippen molar-refractivity contribution >= 4 is 11.3 Å². The van der Waals surface area contributed by atoms with Crippen LogP contribution >= 0.6 is 11.3 Å². The molecule has 2 aliphatic rings. The van der Waals surface area contributed by atoms with E-state index in [-0.39, 0.29) is 18.0 Å². The van der Waals surface area contributed by atoms with Gasteiger partial charge in [-0.1, -0.05) is 0 Å². The topological polar surface area (TPSA) is 67.1 Å². The Morgan fingerprint density at radius 3 is 2.68 bits per heavy atom. The fourth-order valence-electron chi connectivity index (χ4n) is 4.63. The van der Waals surface area contributed by atoms with Gasteiger partial charge in [0, 0.05) is 24.0 Å². The molecule has 0 spiro atoms. The summed E-state index contributed by atoms with van der Waals surface area (Å²) < 4.78 is 14.9. The lowest BCUT2D eigenvalue weighted by atomic mass is 9.77. The van der Waals surface area contributed by atoms with E-state index in [0.29, 0.717) is 11.8 Å². The van der Waals surface area contributed by atoms with Crippen LogP contribution in [0.15, 0.2) is 42.3 Å². The van der Waals surface area contributed by atoms with Crippen LogP contribution in [-0.2, 0) is 6.54 Å². The van der Waals surface area contributed by atoms with Crippen molar-refractivity contribution in [2.24, 2.45) is 11.8 Å². The van der Waals surface area contributed by atoms with Gasteiger partial charge in [-0.3, -0.25) is 4.90 Å². The monoisotopic (exact) mass is 399 g/mol. The molecule has 1 aliphatic carbocycles. The summed E-state index contributed by atoms with van der Waals surface area (Å²) >= 11 is 1.65. The van der Waals surface area contributed by atoms with Crippen LogP contribution in [0, 0.1) is 17.7 Å². The maximum atomic E-state index is 13.1. The highest BCUT2D eigenvalue weighted by atomic mass is 32.1. The fourth-order valence-corrected chi connectivity index (χ4v) is 5.48. The first kappa shape index (κ1) is 17.9. The number of hydrogen-bond donors (Lipinski definition) is 1. The number of halogens is 1. The molecule has 2 aromatic heterocycles. The number of thiazole rings is 1. The number of aliphatic hydroxyl groups excluding tert-OH is 1. The molecule has 8 heteroatoms. The van der Waals surface area contributed by atoms with Gasteiger partial charge in [-0.25, -0.2) is 19.0 Å². The first-order valence-corrected chi connectivity index (χ1v) is 10.5. The van der Waals surface area contributed by atoms with E-state index in [1.165, 1.54) is 18.5 Å². The van der Waals surface area contributed by atoms with Crippen molar-refractivity contribution < 1.29 is 9.50 Å². The second kappa shape index (κ2) is 7.35. The summed E-state index contributed by atoms with van der Waals surface area (Å²) in [7, 11) is 0. The Labute approximate surface area is 166 Å². The van der Waals surface area contributed by atoms with Gasteiger partial charge < -0.3 is 5.11 Å². The molecule has 0 bridgehead atoms. The molecule has 3 heterocycles. The molecule has 1 N–H and O–H groups in total. The number of aromatic nitrogens is 4. The lowest BCUT2D eigenvalue weighted by Gasteiger charge is -2.35. The maximum Gasteiger partial charge on any atom is 0.137 e. The minimum atomic E-state index is -0.368. The summed E-state index contributed by atoms with van der Waals surface area (Å²) in [4.78, 5) is 11.2. The molecule has 4 atom stereocenters. The average Bonchev–Trinajstić information content (AvgIpc) is 3.42. The van der Waals surface area contributed by atoms with Gasteiger partial charge in [0.05, 0.1) is 24.4 Å². The molecule has 1 aliphatic heterocycles. The van der Waals surface area contributed by atoms with Crippen molar-refractivity contribution in [3.05, 3.63) is 53.1 Å². The Bertz CT molecular complexity index is 928. The Kier molecular flexibility index (Phi) is 4.70. The zero-order chi connectivity index (χ0) is 19.1. The molecule has 2 fully saturated rings. The number of rotatable bonds is 4. The molecule has 28 heavy (non-hydrogen) atoms. The predicted octanol–water partition coefficient (Wildman–Crippen LogP) is 2.98. The molecule has 1 aromatic carbocycles. The van der Waals surface area contributed by atoms with E-state index in [1.807, 2.05) is 5.38 Å². The molecule has 1 saturated heterocycles. The molecule has 146 valence electrons. The number of benzene rings is 1. The molecule has 0 radical (unpaired) electrons. The van der Waals surface area contributed by atoms with Gasteiger partial charge in [-0.15, -0.1) is 11.3 Å². The van der Waals surface area contributed by atoms with Gasteiger partial charge >= 0.3 is 0 Å². The molecule has 0 amide bonds. The molecule has 5 rings (SSSR count). The van der Waals surface area contributed by atoms with Gasteiger partial charge in [0.15, 0.2) is 0 Å². The van der Waals surface area contributed by atoms with Crippen LogP contribution < -0.4 is 0 Å². The summed E-state index contributed by atoms with van der Waals surface area (Å²) in [5.41, 5.74) is 1.84. The van der Waals surface area contributed by atoms with Gasteiger partial charge in [0.25, 0.3) is 0 Å². The molecular weight excluding hydrogens is 377 g/mol. The van der Waals surface area contributed by atoms with Gasteiger partial charge in [-0.2, -0.15) is 5.10 Å². The minimum Gasteiger partial charge on any atom is -0.391 e. The van der Waals surface area contributed by atoms with Crippen LogP contribution in [-0.4, -0.2) is 48.9 Å². The van der Waals surface area contributed by atoms with E-state index < -0.39 is 0 Å². The van der Waals surface area contributed by atoms with Crippen LogP contribution in [0.2, 0.25) is 0 Å². The summed E-state index contributed by atoms with van der Waals surface area (Å²) in [6.45, 7) is 2.84. The smallest absolute Gasteiger partial charge is 0.137 e. The average molecular weight is 399 g/mol. The second-order valence-electron chi connectivity index (χ2n) is 7.83. The highest BCUT2D eigenvalue weighted by Gasteiger charge is 2.42. The quantitative estimate of drug-likeness (QED) is 0.731. The lowest BCUT2D eigenvalue weighted by molar-refractivity contribution is 0.0304. The number of aliphatic hydroxyl groups is 1. The molecule has 0 unspecified atom stereocenters. The third-order valence-corrected chi connectivity index (χ3v) is 6.85. The Morgan fingerprint density at radius 2 is 1.93 bits per heavy atom. The van der Waals surface area contributed by atoms with Crippen LogP contribution in [0.4, 0.5) is 4.39 Å². The van der Waals surface area contributed by atoms with Crippen molar-refractivity contribution in [2.45, 2.75) is 31.5 Å². The van der Waals surface area contributed by atoms with Gasteiger partial charge in [0.1, 0.15) is 23.5 Å². The van der Waals surface area contributed by atoms with Crippen molar-refractivity contribution in [3.63, 3.8) is 0 Å². The van der Waals surface area contributed by atoms with Crippen LogP contribution in [0.1, 0.15) is 23.9 Å². The summed E-state index contributed by atoms with van der Waals surface area (Å²) in [5, 5.41) is 17.9. The lowest BCUT2D eigenvalue weighted by Crippen LogP contribution is -2.36. The minimum absolute atomic E-state index is 0.0219. The molecule has 6 nitrogen and oxygen atoms in total. The molecule has 3 aromatic rings. The number of fused-ring (bicyclic) bond motifs is 1. The van der Waals surface area contributed by atoms with E-state index in [9.17, 15) is 9.50 Å². The second-order valence-corrected chi connectivity index (χ2v) is 8.77. The van der Waals surface area contributed by atoms with E-state index in [2.05, 4.69) is 15.0 Å². The Balaban J connectivity index is 1.24. The van der Waals surface area contributed by atoms with E-state index in [1.54, 1.807) is 34.5 Å². The summed E-state index contributed by atoms with van der Waals surface area (Å²) in [6, 6.07) is 6.50. The van der Waals surface area contributed by atoms with Crippen molar-refractivity contribution in [3.8, 4) is 11.3 Å². The zero-order valence-electron chi connectivity index (χ0n) is 15.4. The highest BCUT2D eigenvalue weighted by molar-refractivity contribution is 7.09. The third-order valence-electron chi connectivity index (χ3n) is 6.01. The third kappa shape index (κ3) is 3.47. The van der Waals surface area contributed by atoms with E-state index >= 15 is 0 Å². The van der Waals surface area contributed by atoms with Crippen molar-refractivity contribution in [2.75, 3.05) is 13.1 Å². The van der Waals surface area contributed by atoms with Crippen LogP contribution in [0.25, 0.3) is 11.3 Å². The van der Waals surface area contributed by atoms with E-state index in [0.717, 1.165) is 48.7 Å². The number of likely N-dealkylation sites (tertiary alicyclic amines) is 1. The number of nitrogens with zero attached hydrogens (tertiary/aromatic N) is 5. The fraction of sp³-hybridized carbons (Fsp3) is 0.450. The Hall–Kier alpha value is -2.16. The molecular formula is C20H22FN5OS. The Morgan fingerprint density at radius 1 is 1.14 bits per heavy atom. The summed E-state index contributed by atoms with van der Waals surface area (Å²) in [6.07, 6.45) is 4.61. The van der Waals surface area contributed by atoms with Crippen LogP contribution in [0.3, 0.4) is 0 Å².